The van der Waals surface area contributed by atoms with Crippen LogP contribution in [0.1, 0.15) is 11.1 Å². The maximum Gasteiger partial charge on any atom is 0.135 e. The van der Waals surface area contributed by atoms with Crippen molar-refractivity contribution in [3.8, 4) is 5.75 Å². The lowest BCUT2D eigenvalue weighted by Gasteiger charge is -2.14. The Hall–Kier alpha value is -1.04. The summed E-state index contributed by atoms with van der Waals surface area (Å²) in [6.45, 7) is 1.34. The van der Waals surface area contributed by atoms with Gasteiger partial charge in [-0.1, -0.05) is 24.3 Å². The second kappa shape index (κ2) is 7.82. The van der Waals surface area contributed by atoms with E-state index in [-0.39, 0.29) is 0 Å². The zero-order valence-electron chi connectivity index (χ0n) is 12.0. The summed E-state index contributed by atoms with van der Waals surface area (Å²) < 4.78 is 12.5. The van der Waals surface area contributed by atoms with Crippen LogP contribution in [0.25, 0.3) is 0 Å². The van der Waals surface area contributed by atoms with Gasteiger partial charge in [-0.2, -0.15) is 0 Å². The fraction of sp³-hybridized carbons (Fsp3) is 0.250. The summed E-state index contributed by atoms with van der Waals surface area (Å²) in [6.07, 6.45) is 0. The van der Waals surface area contributed by atoms with Gasteiger partial charge in [0.25, 0.3) is 0 Å². The van der Waals surface area contributed by atoms with Crippen LogP contribution in [0.15, 0.2) is 45.3 Å². The van der Waals surface area contributed by atoms with E-state index in [1.807, 2.05) is 24.3 Å². The summed E-state index contributed by atoms with van der Waals surface area (Å²) in [5.74, 6) is 0.797. The Bertz CT molecular complexity index is 617. The molecule has 2 rings (SSSR count). The minimum atomic E-state index is 0.614. The molecule has 0 bridgehead atoms. The number of rotatable bonds is 6. The quantitative estimate of drug-likeness (QED) is 0.722. The Morgan fingerprint density at radius 2 is 1.71 bits per heavy atom. The number of benzene rings is 2. The molecule has 112 valence electrons. The van der Waals surface area contributed by atoms with E-state index in [0.29, 0.717) is 6.61 Å². The zero-order valence-corrected chi connectivity index (χ0v) is 15.1. The van der Waals surface area contributed by atoms with Crippen LogP contribution in [-0.2, 0) is 17.9 Å². The Balaban J connectivity index is 2.17. The predicted octanol–water partition coefficient (Wildman–Crippen LogP) is 4.98. The molecule has 0 unspecified atom stereocenters. The minimum absolute atomic E-state index is 0.614. The molecule has 0 heterocycles. The molecule has 0 fully saturated rings. The molecule has 0 aromatic heterocycles. The van der Waals surface area contributed by atoms with E-state index in [1.54, 1.807) is 14.2 Å². The highest BCUT2D eigenvalue weighted by atomic mass is 79.9. The molecule has 0 amide bonds. The van der Waals surface area contributed by atoms with Crippen molar-refractivity contribution in [2.24, 2.45) is 0 Å². The first-order valence-corrected chi connectivity index (χ1v) is 8.07. The molecule has 0 saturated carbocycles. The fourth-order valence-corrected chi connectivity index (χ4v) is 3.33. The van der Waals surface area contributed by atoms with Gasteiger partial charge in [0.15, 0.2) is 0 Å². The third-order valence-electron chi connectivity index (χ3n) is 3.13. The Morgan fingerprint density at radius 1 is 1.00 bits per heavy atom. The van der Waals surface area contributed by atoms with Gasteiger partial charge < -0.3 is 14.8 Å². The molecule has 0 aliphatic heterocycles. The predicted molar refractivity (Wildman–Crippen MR) is 92.9 cm³/mol. The molecule has 2 aromatic carbocycles. The van der Waals surface area contributed by atoms with Crippen molar-refractivity contribution >= 4 is 37.5 Å². The molecule has 21 heavy (non-hydrogen) atoms. The van der Waals surface area contributed by atoms with E-state index < -0.39 is 0 Å². The van der Waals surface area contributed by atoms with Crippen LogP contribution >= 0.6 is 31.9 Å². The highest BCUT2D eigenvalue weighted by Crippen LogP contribution is 2.34. The number of anilines is 1. The molecule has 0 atom stereocenters. The molecule has 5 heteroatoms. The highest BCUT2D eigenvalue weighted by molar-refractivity contribution is 9.11. The molecule has 0 radical (unpaired) electrons. The van der Waals surface area contributed by atoms with Crippen molar-refractivity contribution in [2.45, 2.75) is 13.2 Å². The normalized spacial score (nSPS) is 10.5. The van der Waals surface area contributed by atoms with Gasteiger partial charge in [0.05, 0.1) is 23.9 Å². The van der Waals surface area contributed by atoms with Crippen molar-refractivity contribution in [3.63, 3.8) is 0 Å². The van der Waals surface area contributed by atoms with Crippen LogP contribution in [0.4, 0.5) is 5.69 Å². The van der Waals surface area contributed by atoms with Gasteiger partial charge >= 0.3 is 0 Å². The van der Waals surface area contributed by atoms with Crippen LogP contribution in [0.5, 0.6) is 5.75 Å². The standard InChI is InChI=1S/C16H17Br2NO2/c1-20-10-12-6-4-3-5-11(12)9-19-15-8-16(21-2)14(18)7-13(15)17/h3-8,19H,9-10H2,1-2H3. The molecule has 0 spiro atoms. The molecule has 1 N–H and O–H groups in total. The molecule has 0 aliphatic rings. The second-order valence-electron chi connectivity index (χ2n) is 4.52. The number of nitrogens with one attached hydrogen (secondary N) is 1. The van der Waals surface area contributed by atoms with Gasteiger partial charge in [0.1, 0.15) is 5.75 Å². The molecule has 2 aromatic rings. The van der Waals surface area contributed by atoms with Gasteiger partial charge in [0, 0.05) is 24.2 Å². The largest absolute Gasteiger partial charge is 0.495 e. The Kier molecular flexibility index (Phi) is 6.08. The first-order valence-electron chi connectivity index (χ1n) is 6.48. The highest BCUT2D eigenvalue weighted by Gasteiger charge is 2.08. The summed E-state index contributed by atoms with van der Waals surface area (Å²) in [6, 6.07) is 12.2. The van der Waals surface area contributed by atoms with Gasteiger partial charge in [-0.05, 0) is 49.1 Å². The number of hydrogen-bond acceptors (Lipinski definition) is 3. The fourth-order valence-electron chi connectivity index (χ4n) is 2.04. The number of methoxy groups -OCH3 is 2. The molecule has 3 nitrogen and oxygen atoms in total. The average molecular weight is 415 g/mol. The summed E-state index contributed by atoms with van der Waals surface area (Å²) in [7, 11) is 3.37. The lowest BCUT2D eigenvalue weighted by Crippen LogP contribution is -2.04. The number of ether oxygens (including phenoxy) is 2. The van der Waals surface area contributed by atoms with E-state index in [1.165, 1.54) is 11.1 Å². The maximum absolute atomic E-state index is 5.33. The van der Waals surface area contributed by atoms with Crippen LogP contribution in [-0.4, -0.2) is 14.2 Å². The number of hydrogen-bond donors (Lipinski definition) is 1. The van der Waals surface area contributed by atoms with E-state index in [9.17, 15) is 0 Å². The van der Waals surface area contributed by atoms with Crippen molar-refractivity contribution in [2.75, 3.05) is 19.5 Å². The summed E-state index contributed by atoms with van der Waals surface area (Å²) in [5, 5.41) is 3.43. The monoisotopic (exact) mass is 413 g/mol. The van der Waals surface area contributed by atoms with E-state index in [2.05, 4.69) is 49.3 Å². The summed E-state index contributed by atoms with van der Waals surface area (Å²) in [4.78, 5) is 0. The van der Waals surface area contributed by atoms with E-state index >= 15 is 0 Å². The summed E-state index contributed by atoms with van der Waals surface area (Å²) in [5.41, 5.74) is 3.39. The Labute approximate surface area is 141 Å². The van der Waals surface area contributed by atoms with Crippen LogP contribution < -0.4 is 10.1 Å². The lowest BCUT2D eigenvalue weighted by molar-refractivity contribution is 0.184. The van der Waals surface area contributed by atoms with Gasteiger partial charge in [-0.15, -0.1) is 0 Å². The average Bonchev–Trinajstić information content (AvgIpc) is 2.48. The third kappa shape index (κ3) is 4.22. The van der Waals surface area contributed by atoms with Gasteiger partial charge in [-0.3, -0.25) is 0 Å². The SMILES string of the molecule is COCc1ccccc1CNc1cc(OC)c(Br)cc1Br. The summed E-state index contributed by atoms with van der Waals surface area (Å²) >= 11 is 7.03. The second-order valence-corrected chi connectivity index (χ2v) is 6.23. The smallest absolute Gasteiger partial charge is 0.135 e. The zero-order chi connectivity index (χ0) is 15.2. The minimum Gasteiger partial charge on any atom is -0.495 e. The first-order chi connectivity index (χ1) is 10.2. The van der Waals surface area contributed by atoms with Gasteiger partial charge in [-0.25, -0.2) is 0 Å². The Morgan fingerprint density at radius 3 is 2.38 bits per heavy atom. The van der Waals surface area contributed by atoms with Crippen molar-refractivity contribution in [1.29, 1.82) is 0 Å². The van der Waals surface area contributed by atoms with E-state index in [4.69, 9.17) is 9.47 Å². The maximum atomic E-state index is 5.33. The van der Waals surface area contributed by atoms with Gasteiger partial charge in [0.2, 0.25) is 0 Å². The third-order valence-corrected chi connectivity index (χ3v) is 4.40. The molecular weight excluding hydrogens is 398 g/mol. The van der Waals surface area contributed by atoms with Crippen molar-refractivity contribution < 1.29 is 9.47 Å². The molecule has 0 aliphatic carbocycles. The van der Waals surface area contributed by atoms with Crippen LogP contribution in [0.2, 0.25) is 0 Å². The van der Waals surface area contributed by atoms with Crippen molar-refractivity contribution in [3.05, 3.63) is 56.5 Å². The van der Waals surface area contributed by atoms with Crippen LogP contribution in [0, 0.1) is 0 Å². The van der Waals surface area contributed by atoms with E-state index in [0.717, 1.165) is 26.9 Å². The topological polar surface area (TPSA) is 30.5 Å². The molecular formula is C16H17Br2NO2. The lowest BCUT2D eigenvalue weighted by atomic mass is 10.1. The first kappa shape index (κ1) is 16.3. The van der Waals surface area contributed by atoms with Crippen molar-refractivity contribution in [1.82, 2.24) is 0 Å². The molecule has 0 saturated heterocycles. The number of halogens is 2. The van der Waals surface area contributed by atoms with Crippen LogP contribution in [0.3, 0.4) is 0 Å².